The Morgan fingerprint density at radius 1 is 0.778 bits per heavy atom. The Hall–Kier alpha value is -3.73. The van der Waals surface area contributed by atoms with Crippen LogP contribution in [0.25, 0.3) is 22.4 Å². The molecule has 184 valence electrons. The van der Waals surface area contributed by atoms with E-state index < -0.39 is 17.8 Å². The summed E-state index contributed by atoms with van der Waals surface area (Å²) < 4.78 is 55.5. The van der Waals surface area contributed by atoms with Crippen molar-refractivity contribution in [3.05, 3.63) is 78.6 Å². The highest BCUT2D eigenvalue weighted by Crippen LogP contribution is 2.41. The van der Waals surface area contributed by atoms with Crippen molar-refractivity contribution >= 4 is 24.4 Å². The highest BCUT2D eigenvalue weighted by atomic mass is 32.1. The molecular weight excluding hydrogens is 492 g/mol. The molecule has 5 rings (SSSR count). The van der Waals surface area contributed by atoms with E-state index in [-0.39, 0.29) is 11.5 Å². The molecule has 0 unspecified atom stereocenters. The zero-order valence-corrected chi connectivity index (χ0v) is 19.7. The molecule has 0 saturated carbocycles. The van der Waals surface area contributed by atoms with Gasteiger partial charge in [0.05, 0.1) is 11.3 Å². The lowest BCUT2D eigenvalue weighted by molar-refractivity contribution is -0.144. The molecule has 1 saturated heterocycles. The Morgan fingerprint density at radius 3 is 2.08 bits per heavy atom. The van der Waals surface area contributed by atoms with E-state index in [1.54, 1.807) is 42.7 Å². The Bertz CT molecular complexity index is 1360. The van der Waals surface area contributed by atoms with E-state index in [4.69, 9.17) is 0 Å². The molecule has 6 nitrogen and oxygen atoms in total. The first-order valence-corrected chi connectivity index (χ1v) is 11.6. The van der Waals surface area contributed by atoms with Crippen molar-refractivity contribution in [2.24, 2.45) is 0 Å². The maximum absolute atomic E-state index is 13.9. The predicted octanol–water partition coefficient (Wildman–Crippen LogP) is 5.37. The van der Waals surface area contributed by atoms with E-state index in [0.29, 0.717) is 53.7 Å². The zero-order valence-electron chi connectivity index (χ0n) is 18.8. The van der Waals surface area contributed by atoms with Crippen LogP contribution in [0, 0.1) is 5.82 Å². The highest BCUT2D eigenvalue weighted by Gasteiger charge is 2.38. The van der Waals surface area contributed by atoms with Crippen LogP contribution in [0.1, 0.15) is 5.82 Å². The number of rotatable bonds is 4. The lowest BCUT2D eigenvalue weighted by atomic mass is 9.98. The monoisotopic (exact) mass is 512 g/mol. The summed E-state index contributed by atoms with van der Waals surface area (Å²) in [6.07, 6.45) is -1.48. The zero-order chi connectivity index (χ0) is 25.3. The van der Waals surface area contributed by atoms with Gasteiger partial charge in [-0.25, -0.2) is 24.3 Å². The van der Waals surface area contributed by atoms with Crippen molar-refractivity contribution < 1.29 is 17.6 Å². The number of alkyl halides is 3. The van der Waals surface area contributed by atoms with Gasteiger partial charge in [-0.1, -0.05) is 12.1 Å². The van der Waals surface area contributed by atoms with Gasteiger partial charge < -0.3 is 9.80 Å². The fourth-order valence-corrected chi connectivity index (χ4v) is 4.35. The van der Waals surface area contributed by atoms with Gasteiger partial charge in [0.2, 0.25) is 11.8 Å². The maximum Gasteiger partial charge on any atom is 0.451 e. The second-order valence-electron chi connectivity index (χ2n) is 8.17. The van der Waals surface area contributed by atoms with Crippen LogP contribution in [0.4, 0.5) is 29.3 Å². The highest BCUT2D eigenvalue weighted by molar-refractivity contribution is 7.80. The molecule has 0 spiro atoms. The summed E-state index contributed by atoms with van der Waals surface area (Å²) in [5.41, 5.74) is 1.45. The molecule has 11 heteroatoms. The van der Waals surface area contributed by atoms with Gasteiger partial charge in [-0.15, -0.1) is 12.6 Å². The first-order valence-electron chi connectivity index (χ1n) is 11.1. The summed E-state index contributed by atoms with van der Waals surface area (Å²) in [6.45, 7) is 1.77. The summed E-state index contributed by atoms with van der Waals surface area (Å²) in [4.78, 5) is 20.9. The first-order chi connectivity index (χ1) is 17.3. The largest absolute Gasteiger partial charge is 0.451 e. The Morgan fingerprint density at radius 2 is 1.44 bits per heavy atom. The average Bonchev–Trinajstić information content (AvgIpc) is 2.88. The number of halogens is 4. The summed E-state index contributed by atoms with van der Waals surface area (Å²) >= 11 is 4.41. The van der Waals surface area contributed by atoms with E-state index in [0.717, 1.165) is 0 Å². The Balaban J connectivity index is 1.65. The number of thiol groups is 1. The third-order valence-electron chi connectivity index (χ3n) is 5.81. The Kier molecular flexibility index (Phi) is 6.48. The SMILES string of the molecule is Fc1ccc(-c2nc(C(F)(F)F)nc(N3CCN(c4ncccn4)CC3)c2-c2cccc(S)c2)cc1. The predicted molar refractivity (Wildman–Crippen MR) is 132 cm³/mol. The number of aromatic nitrogens is 4. The van der Waals surface area contributed by atoms with Crippen LogP contribution in [-0.4, -0.2) is 46.1 Å². The molecule has 0 amide bonds. The van der Waals surface area contributed by atoms with Crippen LogP contribution < -0.4 is 9.80 Å². The molecule has 2 aromatic heterocycles. The van der Waals surface area contributed by atoms with Crippen LogP contribution in [0.2, 0.25) is 0 Å². The molecule has 36 heavy (non-hydrogen) atoms. The maximum atomic E-state index is 13.9. The first kappa shape index (κ1) is 24.0. The van der Waals surface area contributed by atoms with Crippen molar-refractivity contribution in [2.75, 3.05) is 36.0 Å². The second-order valence-corrected chi connectivity index (χ2v) is 8.69. The fourth-order valence-electron chi connectivity index (χ4n) is 4.12. The molecule has 0 aliphatic carbocycles. The summed E-state index contributed by atoms with van der Waals surface area (Å²) in [5, 5.41) is 0. The van der Waals surface area contributed by atoms with Crippen molar-refractivity contribution in [1.29, 1.82) is 0 Å². The van der Waals surface area contributed by atoms with Crippen LogP contribution in [0.3, 0.4) is 0 Å². The van der Waals surface area contributed by atoms with Gasteiger partial charge >= 0.3 is 6.18 Å². The smallest absolute Gasteiger partial charge is 0.352 e. The lowest BCUT2D eigenvalue weighted by Gasteiger charge is -2.36. The van der Waals surface area contributed by atoms with E-state index >= 15 is 0 Å². The van der Waals surface area contributed by atoms with Crippen LogP contribution in [0.15, 0.2) is 71.9 Å². The van der Waals surface area contributed by atoms with Gasteiger partial charge in [0.1, 0.15) is 11.6 Å². The van der Waals surface area contributed by atoms with Crippen LogP contribution in [-0.2, 0) is 6.18 Å². The molecule has 1 aliphatic heterocycles. The number of hydrogen-bond acceptors (Lipinski definition) is 7. The van der Waals surface area contributed by atoms with Gasteiger partial charge in [-0.05, 0) is 48.0 Å². The third kappa shape index (κ3) is 4.97. The number of nitrogens with zero attached hydrogens (tertiary/aromatic N) is 6. The van der Waals surface area contributed by atoms with Crippen molar-refractivity contribution in [1.82, 2.24) is 19.9 Å². The normalized spacial score (nSPS) is 14.2. The summed E-state index contributed by atoms with van der Waals surface area (Å²) in [7, 11) is 0. The minimum atomic E-state index is -4.77. The molecule has 0 radical (unpaired) electrons. The average molecular weight is 513 g/mol. The van der Waals surface area contributed by atoms with Gasteiger partial charge in [0.15, 0.2) is 0 Å². The van der Waals surface area contributed by atoms with Crippen molar-refractivity contribution in [3.8, 4) is 22.4 Å². The molecule has 0 atom stereocenters. The molecule has 4 aromatic rings. The van der Waals surface area contributed by atoms with Gasteiger partial charge in [0.25, 0.3) is 0 Å². The number of piperazine rings is 1. The minimum Gasteiger partial charge on any atom is -0.352 e. The Labute approximate surface area is 210 Å². The molecular formula is C25H20F4N6S. The lowest BCUT2D eigenvalue weighted by Crippen LogP contribution is -2.47. The summed E-state index contributed by atoms with van der Waals surface area (Å²) in [5.74, 6) is -1.03. The van der Waals surface area contributed by atoms with Crippen molar-refractivity contribution in [3.63, 3.8) is 0 Å². The number of anilines is 2. The molecule has 0 bridgehead atoms. The molecule has 1 aliphatic rings. The number of benzene rings is 2. The second kappa shape index (κ2) is 9.73. The molecule has 1 fully saturated rings. The minimum absolute atomic E-state index is 0.0695. The topological polar surface area (TPSA) is 58.0 Å². The van der Waals surface area contributed by atoms with Gasteiger partial charge in [-0.2, -0.15) is 13.2 Å². The molecule has 0 N–H and O–H groups in total. The van der Waals surface area contributed by atoms with E-state index in [2.05, 4.69) is 32.6 Å². The molecule has 3 heterocycles. The fraction of sp³-hybridized carbons (Fsp3) is 0.200. The third-order valence-corrected chi connectivity index (χ3v) is 6.09. The molecule has 2 aromatic carbocycles. The number of hydrogen-bond donors (Lipinski definition) is 1. The van der Waals surface area contributed by atoms with Crippen molar-refractivity contribution in [2.45, 2.75) is 11.1 Å². The van der Waals surface area contributed by atoms with E-state index in [1.807, 2.05) is 9.80 Å². The standard InChI is InChI=1S/C25H20F4N6S/c26-18-7-5-16(6-8-18)21-20(17-3-1-4-19(36)15-17)22(33-23(32-21)25(27,28)29)34-11-13-35(14-12-34)24-30-9-2-10-31-24/h1-10,15,36H,11-14H2. The van der Waals surface area contributed by atoms with E-state index in [9.17, 15) is 17.6 Å². The quantitative estimate of drug-likeness (QED) is 0.293. The van der Waals surface area contributed by atoms with E-state index in [1.165, 1.54) is 24.3 Å². The van der Waals surface area contributed by atoms with Gasteiger partial charge in [0, 0.05) is 49.0 Å². The van der Waals surface area contributed by atoms with Crippen LogP contribution in [0.5, 0.6) is 0 Å². The van der Waals surface area contributed by atoms with Gasteiger partial charge in [-0.3, -0.25) is 0 Å². The summed E-state index contributed by atoms with van der Waals surface area (Å²) in [6, 6.07) is 14.0. The van der Waals surface area contributed by atoms with Crippen LogP contribution >= 0.6 is 12.6 Å².